The summed E-state index contributed by atoms with van der Waals surface area (Å²) in [6, 6.07) is 20.0. The molecule has 1 atom stereocenters. The van der Waals surface area contributed by atoms with Gasteiger partial charge >= 0.3 is 5.97 Å². The molecule has 0 aliphatic heterocycles. The number of fused-ring (bicyclic) bond motifs is 1. The largest absolute Gasteiger partial charge is 0.449 e. The molecule has 0 radical (unpaired) electrons. The number of rotatable bonds is 9. The van der Waals surface area contributed by atoms with Crippen LogP contribution in [-0.4, -0.2) is 46.3 Å². The third kappa shape index (κ3) is 6.39. The van der Waals surface area contributed by atoms with Crippen LogP contribution in [0.4, 0.5) is 11.6 Å². The van der Waals surface area contributed by atoms with E-state index in [1.165, 1.54) is 36.7 Å². The number of anilines is 2. The molecule has 11 nitrogen and oxygen atoms in total. The number of ether oxygens (including phenoxy) is 1. The Hall–Kier alpha value is -5.10. The highest BCUT2D eigenvalue weighted by molar-refractivity contribution is 7.92. The van der Waals surface area contributed by atoms with Gasteiger partial charge in [-0.1, -0.05) is 36.8 Å². The third-order valence-corrected chi connectivity index (χ3v) is 7.52. The zero-order valence-electron chi connectivity index (χ0n) is 22.2. The molecule has 2 aromatic heterocycles. The molecule has 1 unspecified atom stereocenters. The van der Waals surface area contributed by atoms with Gasteiger partial charge in [0.2, 0.25) is 5.95 Å². The zero-order valence-corrected chi connectivity index (χ0v) is 23.0. The second kappa shape index (κ2) is 11.6. The number of nitrogens with zero attached hydrogens (tertiary/aromatic N) is 3. The molecule has 0 fully saturated rings. The second-order valence-electron chi connectivity index (χ2n) is 9.18. The maximum atomic E-state index is 12.9. The Morgan fingerprint density at radius 1 is 0.976 bits per heavy atom. The Balaban J connectivity index is 1.23. The number of carbonyl (C=O) groups excluding carboxylic acids is 2. The molecular formula is C29H26N6O5S. The number of aromatic amines is 1. The highest BCUT2D eigenvalue weighted by Gasteiger charge is 2.23. The molecule has 3 N–H and O–H groups in total. The summed E-state index contributed by atoms with van der Waals surface area (Å²) >= 11 is 0. The van der Waals surface area contributed by atoms with Gasteiger partial charge in [-0.3, -0.25) is 4.79 Å². The Morgan fingerprint density at radius 3 is 2.37 bits per heavy atom. The number of sulfonamides is 1. The van der Waals surface area contributed by atoms with E-state index >= 15 is 0 Å². The first-order valence-electron chi connectivity index (χ1n) is 12.7. The molecular weight excluding hydrogens is 544 g/mol. The van der Waals surface area contributed by atoms with Crippen LogP contribution in [-0.2, 0) is 19.6 Å². The molecule has 208 valence electrons. The Labute approximate surface area is 236 Å². The van der Waals surface area contributed by atoms with Gasteiger partial charge in [0.1, 0.15) is 5.82 Å². The summed E-state index contributed by atoms with van der Waals surface area (Å²) in [6.07, 6.45) is 2.00. The highest BCUT2D eigenvalue weighted by Crippen LogP contribution is 2.23. The smallest absolute Gasteiger partial charge is 0.338 e. The number of hydrogen-bond donors (Lipinski definition) is 3. The first kappa shape index (κ1) is 27.5. The van der Waals surface area contributed by atoms with Crippen LogP contribution in [0.5, 0.6) is 0 Å². The van der Waals surface area contributed by atoms with Crippen molar-refractivity contribution in [3.8, 4) is 11.4 Å². The van der Waals surface area contributed by atoms with Crippen LogP contribution in [0.1, 0.15) is 29.3 Å². The molecule has 5 aromatic rings. The van der Waals surface area contributed by atoms with Gasteiger partial charge in [0, 0.05) is 23.6 Å². The Morgan fingerprint density at radius 2 is 1.68 bits per heavy atom. The number of esters is 1. The van der Waals surface area contributed by atoms with Crippen molar-refractivity contribution in [2.75, 3.05) is 10.0 Å². The minimum atomic E-state index is -3.92. The van der Waals surface area contributed by atoms with Crippen LogP contribution in [0.3, 0.4) is 0 Å². The maximum Gasteiger partial charge on any atom is 0.338 e. The van der Waals surface area contributed by atoms with Crippen molar-refractivity contribution < 1.29 is 22.7 Å². The van der Waals surface area contributed by atoms with Crippen molar-refractivity contribution in [1.82, 2.24) is 19.9 Å². The summed E-state index contributed by atoms with van der Waals surface area (Å²) in [4.78, 5) is 41.3. The summed E-state index contributed by atoms with van der Waals surface area (Å²) in [5.41, 5.74) is 4.02. The van der Waals surface area contributed by atoms with Crippen LogP contribution in [0.2, 0.25) is 0 Å². The van der Waals surface area contributed by atoms with Crippen molar-refractivity contribution in [2.45, 2.75) is 31.3 Å². The minimum Gasteiger partial charge on any atom is -0.449 e. The summed E-state index contributed by atoms with van der Waals surface area (Å²) in [5.74, 6) is -0.581. The molecule has 0 saturated heterocycles. The standard InChI is InChI=1S/C29H26N6O5S/c1-3-25(27(36)32-21-10-12-22(13-11-21)41(38,39)35-29-30-15-4-16-31-29)40-28(37)20-9-14-23-24(17-20)34-26(33-23)19-7-5-18(2)6-8-19/h4-17,25H,3H2,1-2H3,(H,32,36)(H,33,34)(H,30,31,35). The lowest BCUT2D eigenvalue weighted by Crippen LogP contribution is -2.32. The number of aromatic nitrogens is 4. The minimum absolute atomic E-state index is 0.0406. The third-order valence-electron chi connectivity index (χ3n) is 6.18. The Bertz CT molecular complexity index is 1800. The number of amides is 1. The molecule has 41 heavy (non-hydrogen) atoms. The number of nitrogens with one attached hydrogen (secondary N) is 3. The molecule has 1 amide bonds. The van der Waals surface area contributed by atoms with Crippen LogP contribution < -0.4 is 10.0 Å². The number of aryl methyl sites for hydroxylation is 1. The van der Waals surface area contributed by atoms with Gasteiger partial charge in [0.05, 0.1) is 21.5 Å². The normalized spacial score (nSPS) is 12.0. The van der Waals surface area contributed by atoms with Crippen LogP contribution in [0.25, 0.3) is 22.4 Å². The maximum absolute atomic E-state index is 12.9. The molecule has 0 aliphatic rings. The quantitative estimate of drug-likeness (QED) is 0.215. The molecule has 0 aliphatic carbocycles. The van der Waals surface area contributed by atoms with Gasteiger partial charge < -0.3 is 15.0 Å². The van der Waals surface area contributed by atoms with Crippen molar-refractivity contribution in [2.24, 2.45) is 0 Å². The van der Waals surface area contributed by atoms with E-state index in [0.29, 0.717) is 22.5 Å². The molecule has 0 bridgehead atoms. The van der Waals surface area contributed by atoms with Crippen LogP contribution in [0, 0.1) is 6.92 Å². The van der Waals surface area contributed by atoms with E-state index < -0.39 is 28.0 Å². The number of imidazole rings is 1. The van der Waals surface area contributed by atoms with E-state index in [-0.39, 0.29) is 22.8 Å². The molecule has 12 heteroatoms. The number of H-pyrrole nitrogens is 1. The van der Waals surface area contributed by atoms with Crippen molar-refractivity contribution >= 4 is 44.6 Å². The fourth-order valence-corrected chi connectivity index (χ4v) is 4.93. The van der Waals surface area contributed by atoms with Crippen molar-refractivity contribution in [3.63, 3.8) is 0 Å². The molecule has 2 heterocycles. The predicted octanol–water partition coefficient (Wildman–Crippen LogP) is 4.70. The molecule has 5 rings (SSSR count). The Kier molecular flexibility index (Phi) is 7.74. The lowest BCUT2D eigenvalue weighted by molar-refractivity contribution is -0.124. The summed E-state index contributed by atoms with van der Waals surface area (Å²) < 4.78 is 32.9. The molecule has 0 saturated carbocycles. The number of hydrogen-bond acceptors (Lipinski definition) is 8. The first-order chi connectivity index (χ1) is 19.7. The van der Waals surface area contributed by atoms with Gasteiger partial charge in [-0.15, -0.1) is 0 Å². The predicted molar refractivity (Wildman–Crippen MR) is 154 cm³/mol. The fourth-order valence-electron chi connectivity index (χ4n) is 3.98. The lowest BCUT2D eigenvalue weighted by atomic mass is 10.1. The van der Waals surface area contributed by atoms with Gasteiger partial charge in [-0.25, -0.2) is 32.9 Å². The van der Waals surface area contributed by atoms with Crippen LogP contribution in [0.15, 0.2) is 90.1 Å². The van der Waals surface area contributed by atoms with Crippen molar-refractivity contribution in [3.05, 3.63) is 96.3 Å². The van der Waals surface area contributed by atoms with E-state index in [1.54, 1.807) is 31.2 Å². The van der Waals surface area contributed by atoms with Gasteiger partial charge in [-0.05, 0) is 61.9 Å². The average Bonchev–Trinajstić information content (AvgIpc) is 3.40. The van der Waals surface area contributed by atoms with E-state index in [2.05, 4.69) is 30.0 Å². The molecule has 3 aromatic carbocycles. The summed E-state index contributed by atoms with van der Waals surface area (Å²) in [7, 11) is -3.92. The number of benzene rings is 3. The lowest BCUT2D eigenvalue weighted by Gasteiger charge is -2.16. The number of carbonyl (C=O) groups is 2. The van der Waals surface area contributed by atoms with Crippen molar-refractivity contribution in [1.29, 1.82) is 0 Å². The topological polar surface area (TPSA) is 156 Å². The van der Waals surface area contributed by atoms with E-state index in [4.69, 9.17) is 4.74 Å². The van der Waals surface area contributed by atoms with E-state index in [0.717, 1.165) is 11.1 Å². The second-order valence-corrected chi connectivity index (χ2v) is 10.9. The van der Waals surface area contributed by atoms with E-state index in [9.17, 15) is 18.0 Å². The average molecular weight is 571 g/mol. The summed E-state index contributed by atoms with van der Waals surface area (Å²) in [6.45, 7) is 3.73. The zero-order chi connectivity index (χ0) is 29.0. The van der Waals surface area contributed by atoms with Gasteiger partial charge in [-0.2, -0.15) is 0 Å². The fraction of sp³-hybridized carbons (Fsp3) is 0.138. The SMILES string of the molecule is CCC(OC(=O)c1ccc2nc(-c3ccc(C)cc3)[nH]c2c1)C(=O)Nc1ccc(S(=O)(=O)Nc2ncccn2)cc1. The van der Waals surface area contributed by atoms with Crippen LogP contribution >= 0.6 is 0 Å². The van der Waals surface area contributed by atoms with E-state index in [1.807, 2.05) is 31.2 Å². The molecule has 0 spiro atoms. The highest BCUT2D eigenvalue weighted by atomic mass is 32.2. The monoisotopic (exact) mass is 570 g/mol. The van der Waals surface area contributed by atoms with Gasteiger partial charge in [0.25, 0.3) is 15.9 Å². The summed E-state index contributed by atoms with van der Waals surface area (Å²) in [5, 5.41) is 2.66. The van der Waals surface area contributed by atoms with Gasteiger partial charge in [0.15, 0.2) is 6.10 Å². The first-order valence-corrected chi connectivity index (χ1v) is 14.2.